The van der Waals surface area contributed by atoms with Crippen LogP contribution in [-0.4, -0.2) is 17.4 Å². The summed E-state index contributed by atoms with van der Waals surface area (Å²) in [6, 6.07) is 7.52. The van der Waals surface area contributed by atoms with Crippen LogP contribution in [0.15, 0.2) is 24.3 Å². The van der Waals surface area contributed by atoms with Gasteiger partial charge in [-0.05, 0) is 30.9 Å². The van der Waals surface area contributed by atoms with Crippen molar-refractivity contribution in [2.45, 2.75) is 25.7 Å². The van der Waals surface area contributed by atoms with Crippen LogP contribution in [0.4, 0.5) is 5.69 Å². The monoisotopic (exact) mass is 257 g/mol. The smallest absolute Gasteiger partial charge is 0.267 e. The van der Waals surface area contributed by atoms with Crippen LogP contribution < -0.4 is 11.1 Å². The lowest BCUT2D eigenvalue weighted by Gasteiger charge is -2.02. The van der Waals surface area contributed by atoms with Crippen molar-refractivity contribution in [2.24, 2.45) is 5.92 Å². The molecule has 0 unspecified atom stereocenters. The van der Waals surface area contributed by atoms with Gasteiger partial charge in [0.05, 0.1) is 11.2 Å². The molecule has 1 amide bonds. The minimum Gasteiger partial charge on any atom is -0.397 e. The van der Waals surface area contributed by atoms with E-state index in [1.54, 1.807) is 0 Å². The molecule has 3 rings (SSSR count). The number of nitrogens with two attached hydrogens (primary N) is 1. The van der Waals surface area contributed by atoms with Gasteiger partial charge in [-0.1, -0.05) is 25.0 Å². The van der Waals surface area contributed by atoms with Gasteiger partial charge in [-0.3, -0.25) is 4.79 Å². The highest BCUT2D eigenvalue weighted by Gasteiger charge is 2.20. The molecule has 0 atom stereocenters. The fourth-order valence-corrected chi connectivity index (χ4v) is 2.40. The fourth-order valence-electron chi connectivity index (χ4n) is 2.40. The zero-order chi connectivity index (χ0) is 13.2. The van der Waals surface area contributed by atoms with Crippen LogP contribution in [-0.2, 0) is 0 Å². The average molecular weight is 257 g/mol. The van der Waals surface area contributed by atoms with Gasteiger partial charge in [0.25, 0.3) is 5.91 Å². The van der Waals surface area contributed by atoms with Crippen LogP contribution in [0.5, 0.6) is 0 Å². The minimum atomic E-state index is -0.0496. The molecule has 0 spiro atoms. The molecule has 1 aromatic heterocycles. The largest absolute Gasteiger partial charge is 0.397 e. The van der Waals surface area contributed by atoms with E-state index in [-0.39, 0.29) is 5.91 Å². The summed E-state index contributed by atoms with van der Waals surface area (Å²) in [5.41, 5.74) is 7.96. The second-order valence-corrected chi connectivity index (χ2v) is 5.34. The first-order chi connectivity index (χ1) is 9.24. The van der Waals surface area contributed by atoms with E-state index in [9.17, 15) is 4.79 Å². The highest BCUT2D eigenvalue weighted by atomic mass is 16.1. The standard InChI is InChI=1S/C15H19N3O/c16-12-5-1-4-11-9-13(18-14(11)12)15(19)17-8-2-3-10-6-7-10/h1,4-5,9-10,18H,2-3,6-8,16H2,(H,17,19). The number of carbonyl (C=O) groups is 1. The number of rotatable bonds is 5. The van der Waals surface area contributed by atoms with Gasteiger partial charge in [-0.2, -0.15) is 0 Å². The van der Waals surface area contributed by atoms with Crippen LogP contribution in [0, 0.1) is 5.92 Å². The molecule has 4 nitrogen and oxygen atoms in total. The Bertz CT molecular complexity index is 598. The predicted octanol–water partition coefficient (Wildman–Crippen LogP) is 2.67. The number of aromatic amines is 1. The molecule has 1 aliphatic carbocycles. The molecule has 4 heteroatoms. The number of anilines is 1. The van der Waals surface area contributed by atoms with E-state index in [2.05, 4.69) is 10.3 Å². The van der Waals surface area contributed by atoms with Crippen LogP contribution >= 0.6 is 0 Å². The van der Waals surface area contributed by atoms with Crippen LogP contribution in [0.2, 0.25) is 0 Å². The number of para-hydroxylation sites is 1. The van der Waals surface area contributed by atoms with Gasteiger partial charge >= 0.3 is 0 Å². The summed E-state index contributed by atoms with van der Waals surface area (Å²) in [6.07, 6.45) is 5.04. The summed E-state index contributed by atoms with van der Waals surface area (Å²) in [4.78, 5) is 15.1. The van der Waals surface area contributed by atoms with Crippen molar-refractivity contribution < 1.29 is 4.79 Å². The zero-order valence-electron chi connectivity index (χ0n) is 10.9. The van der Waals surface area contributed by atoms with Crippen molar-refractivity contribution in [2.75, 3.05) is 12.3 Å². The zero-order valence-corrected chi connectivity index (χ0v) is 10.9. The number of hydrogen-bond donors (Lipinski definition) is 3. The maximum Gasteiger partial charge on any atom is 0.267 e. The number of nitrogens with one attached hydrogen (secondary N) is 2. The Morgan fingerprint density at radius 3 is 3.00 bits per heavy atom. The predicted molar refractivity (Wildman–Crippen MR) is 77.0 cm³/mol. The van der Waals surface area contributed by atoms with Gasteiger partial charge in [0.1, 0.15) is 5.69 Å². The highest BCUT2D eigenvalue weighted by molar-refractivity contribution is 6.00. The Balaban J connectivity index is 1.62. The quantitative estimate of drug-likeness (QED) is 0.569. The van der Waals surface area contributed by atoms with Gasteiger partial charge in [0.15, 0.2) is 0 Å². The normalized spacial score (nSPS) is 14.7. The topological polar surface area (TPSA) is 70.9 Å². The number of amides is 1. The molecule has 0 aliphatic heterocycles. The molecule has 1 saturated carbocycles. The van der Waals surface area contributed by atoms with E-state index >= 15 is 0 Å². The lowest BCUT2D eigenvalue weighted by molar-refractivity contribution is 0.0948. The number of H-pyrrole nitrogens is 1. The molecular weight excluding hydrogens is 238 g/mol. The van der Waals surface area contributed by atoms with E-state index in [0.29, 0.717) is 11.4 Å². The van der Waals surface area contributed by atoms with E-state index in [1.165, 1.54) is 19.3 Å². The van der Waals surface area contributed by atoms with Crippen LogP contribution in [0.1, 0.15) is 36.2 Å². The van der Waals surface area contributed by atoms with E-state index in [0.717, 1.165) is 29.8 Å². The Hall–Kier alpha value is -1.97. The molecule has 1 heterocycles. The maximum atomic E-state index is 12.0. The summed E-state index contributed by atoms with van der Waals surface area (Å²) in [7, 11) is 0. The van der Waals surface area contributed by atoms with Gasteiger partial charge in [0, 0.05) is 11.9 Å². The van der Waals surface area contributed by atoms with Gasteiger partial charge in [-0.15, -0.1) is 0 Å². The molecule has 0 bridgehead atoms. The lowest BCUT2D eigenvalue weighted by Crippen LogP contribution is -2.24. The van der Waals surface area contributed by atoms with E-state index in [1.807, 2.05) is 24.3 Å². The van der Waals surface area contributed by atoms with Crippen molar-refractivity contribution in [1.29, 1.82) is 0 Å². The number of aromatic nitrogens is 1. The van der Waals surface area contributed by atoms with Gasteiger partial charge in [0.2, 0.25) is 0 Å². The molecule has 1 aliphatic rings. The number of fused-ring (bicyclic) bond motifs is 1. The third kappa shape index (κ3) is 2.72. The van der Waals surface area contributed by atoms with E-state index in [4.69, 9.17) is 5.73 Å². The molecule has 4 N–H and O–H groups in total. The lowest BCUT2D eigenvalue weighted by atomic mass is 10.2. The summed E-state index contributed by atoms with van der Waals surface area (Å²) in [5, 5.41) is 3.93. The average Bonchev–Trinajstić information content (AvgIpc) is 3.11. The van der Waals surface area contributed by atoms with Crippen molar-refractivity contribution in [3.05, 3.63) is 30.0 Å². The van der Waals surface area contributed by atoms with E-state index < -0.39 is 0 Å². The molecule has 19 heavy (non-hydrogen) atoms. The van der Waals surface area contributed by atoms with Crippen molar-refractivity contribution >= 4 is 22.5 Å². The Morgan fingerprint density at radius 1 is 1.42 bits per heavy atom. The molecular formula is C15H19N3O. The first-order valence-corrected chi connectivity index (χ1v) is 6.89. The molecule has 1 aromatic carbocycles. The van der Waals surface area contributed by atoms with Crippen LogP contribution in [0.25, 0.3) is 10.9 Å². The second-order valence-electron chi connectivity index (χ2n) is 5.34. The number of carbonyl (C=O) groups excluding carboxylic acids is 1. The first kappa shape index (κ1) is 12.1. The Kier molecular flexibility index (Phi) is 3.15. The number of nitrogen functional groups attached to an aromatic ring is 1. The van der Waals surface area contributed by atoms with Gasteiger partial charge in [-0.25, -0.2) is 0 Å². The summed E-state index contributed by atoms with van der Waals surface area (Å²) in [6.45, 7) is 0.750. The fraction of sp³-hybridized carbons (Fsp3) is 0.400. The molecule has 0 radical (unpaired) electrons. The highest BCUT2D eigenvalue weighted by Crippen LogP contribution is 2.33. The third-order valence-electron chi connectivity index (χ3n) is 3.70. The summed E-state index contributed by atoms with van der Waals surface area (Å²) < 4.78 is 0. The number of benzene rings is 1. The van der Waals surface area contributed by atoms with Gasteiger partial charge < -0.3 is 16.0 Å². The molecule has 1 fully saturated rings. The second kappa shape index (κ2) is 4.96. The van der Waals surface area contributed by atoms with Crippen molar-refractivity contribution in [3.8, 4) is 0 Å². The first-order valence-electron chi connectivity index (χ1n) is 6.89. The molecule has 100 valence electrons. The Labute approximate surface area is 112 Å². The summed E-state index contributed by atoms with van der Waals surface area (Å²) in [5.74, 6) is 0.871. The molecule has 2 aromatic rings. The minimum absolute atomic E-state index is 0.0496. The third-order valence-corrected chi connectivity index (χ3v) is 3.70. The SMILES string of the molecule is Nc1cccc2cc(C(=O)NCCCC3CC3)[nH]c12. The maximum absolute atomic E-state index is 12.0. The Morgan fingerprint density at radius 2 is 2.26 bits per heavy atom. The summed E-state index contributed by atoms with van der Waals surface area (Å²) >= 11 is 0. The van der Waals surface area contributed by atoms with Crippen molar-refractivity contribution in [3.63, 3.8) is 0 Å². The van der Waals surface area contributed by atoms with Crippen LogP contribution in [0.3, 0.4) is 0 Å². The van der Waals surface area contributed by atoms with Crippen molar-refractivity contribution in [1.82, 2.24) is 10.3 Å². The number of hydrogen-bond acceptors (Lipinski definition) is 2. The molecule has 0 saturated heterocycles.